The molecule has 1 aliphatic carbocycles. The first-order valence-electron chi connectivity index (χ1n) is 4.26. The quantitative estimate of drug-likeness (QED) is 0.610. The average Bonchev–Trinajstić information content (AvgIpc) is 2.80. The molecule has 1 atom stereocenters. The number of thioether (sulfide) groups is 1. The van der Waals surface area contributed by atoms with Crippen molar-refractivity contribution >= 4 is 17.7 Å². The standard InChI is InChI=1S/C8H15NO2S/c9-7(8(10)11)5-12-4-3-6-1-2-6/h6-7H,1-5,9H2,(H,10,11)/t7-/m1/s1. The summed E-state index contributed by atoms with van der Waals surface area (Å²) in [6.07, 6.45) is 3.97. The predicted octanol–water partition coefficient (Wildman–Crippen LogP) is 0.932. The molecule has 3 nitrogen and oxygen atoms in total. The Labute approximate surface area is 76.7 Å². The molecule has 1 aliphatic rings. The van der Waals surface area contributed by atoms with Crippen LogP contribution in [0.5, 0.6) is 0 Å². The van der Waals surface area contributed by atoms with Crippen molar-refractivity contribution in [3.63, 3.8) is 0 Å². The van der Waals surface area contributed by atoms with Crippen LogP contribution in [0.1, 0.15) is 19.3 Å². The van der Waals surface area contributed by atoms with Crippen LogP contribution < -0.4 is 5.73 Å². The molecule has 12 heavy (non-hydrogen) atoms. The molecular formula is C8H15NO2S. The molecule has 0 aliphatic heterocycles. The summed E-state index contributed by atoms with van der Waals surface area (Å²) in [5.41, 5.74) is 5.33. The summed E-state index contributed by atoms with van der Waals surface area (Å²) in [5.74, 6) is 1.64. The molecule has 1 fully saturated rings. The lowest BCUT2D eigenvalue weighted by atomic mass is 10.3. The van der Waals surface area contributed by atoms with Crippen LogP contribution in [-0.4, -0.2) is 28.6 Å². The van der Waals surface area contributed by atoms with Crippen LogP contribution in [0.4, 0.5) is 0 Å². The zero-order chi connectivity index (χ0) is 8.97. The van der Waals surface area contributed by atoms with Gasteiger partial charge in [0.15, 0.2) is 0 Å². The molecule has 0 unspecified atom stereocenters. The lowest BCUT2D eigenvalue weighted by Gasteiger charge is -2.04. The maximum atomic E-state index is 10.3. The number of aliphatic carboxylic acids is 1. The minimum Gasteiger partial charge on any atom is -0.480 e. The largest absolute Gasteiger partial charge is 0.480 e. The van der Waals surface area contributed by atoms with Crippen molar-refractivity contribution in [2.75, 3.05) is 11.5 Å². The van der Waals surface area contributed by atoms with E-state index in [1.54, 1.807) is 11.8 Å². The summed E-state index contributed by atoms with van der Waals surface area (Å²) in [6.45, 7) is 0. The lowest BCUT2D eigenvalue weighted by molar-refractivity contribution is -0.137. The highest BCUT2D eigenvalue weighted by atomic mass is 32.2. The van der Waals surface area contributed by atoms with E-state index >= 15 is 0 Å². The molecule has 70 valence electrons. The molecule has 0 radical (unpaired) electrons. The molecule has 0 amide bonds. The van der Waals surface area contributed by atoms with Gasteiger partial charge in [-0.25, -0.2) is 0 Å². The van der Waals surface area contributed by atoms with E-state index < -0.39 is 12.0 Å². The highest BCUT2D eigenvalue weighted by Gasteiger charge is 2.20. The third-order valence-corrected chi connectivity index (χ3v) is 3.10. The molecule has 1 rings (SSSR count). The van der Waals surface area contributed by atoms with Crippen molar-refractivity contribution < 1.29 is 9.90 Å². The summed E-state index contributed by atoms with van der Waals surface area (Å²) in [5, 5.41) is 8.46. The van der Waals surface area contributed by atoms with Crippen molar-refractivity contribution in [2.45, 2.75) is 25.3 Å². The molecule has 0 aromatic rings. The SMILES string of the molecule is N[C@H](CSCCC1CC1)C(=O)O. The van der Waals surface area contributed by atoms with Crippen LogP contribution in [0.25, 0.3) is 0 Å². The average molecular weight is 189 g/mol. The van der Waals surface area contributed by atoms with E-state index in [0.717, 1.165) is 11.7 Å². The van der Waals surface area contributed by atoms with Gasteiger partial charge in [0.2, 0.25) is 0 Å². The second kappa shape index (κ2) is 4.72. The maximum absolute atomic E-state index is 10.3. The zero-order valence-corrected chi connectivity index (χ0v) is 7.85. The van der Waals surface area contributed by atoms with E-state index in [-0.39, 0.29) is 0 Å². The number of carboxylic acid groups (broad SMARTS) is 1. The van der Waals surface area contributed by atoms with Gasteiger partial charge in [-0.15, -0.1) is 0 Å². The monoisotopic (exact) mass is 189 g/mol. The van der Waals surface area contributed by atoms with Gasteiger partial charge in [-0.2, -0.15) is 11.8 Å². The van der Waals surface area contributed by atoms with E-state index in [1.807, 2.05) is 0 Å². The normalized spacial score (nSPS) is 19.1. The molecule has 0 spiro atoms. The van der Waals surface area contributed by atoms with Crippen LogP contribution in [0.15, 0.2) is 0 Å². The second-order valence-corrected chi connectivity index (χ2v) is 4.40. The van der Waals surface area contributed by atoms with Gasteiger partial charge in [0, 0.05) is 5.75 Å². The minimum atomic E-state index is -0.895. The molecule has 3 N–H and O–H groups in total. The van der Waals surface area contributed by atoms with Crippen LogP contribution in [0.3, 0.4) is 0 Å². The number of carboxylic acids is 1. The smallest absolute Gasteiger partial charge is 0.321 e. The summed E-state index contributed by atoms with van der Waals surface area (Å²) >= 11 is 1.65. The van der Waals surface area contributed by atoms with Crippen molar-refractivity contribution in [1.82, 2.24) is 0 Å². The van der Waals surface area contributed by atoms with E-state index in [1.165, 1.54) is 19.3 Å². The highest BCUT2D eigenvalue weighted by Crippen LogP contribution is 2.33. The van der Waals surface area contributed by atoms with Gasteiger partial charge in [0.1, 0.15) is 6.04 Å². The van der Waals surface area contributed by atoms with E-state index in [4.69, 9.17) is 10.8 Å². The summed E-state index contributed by atoms with van der Waals surface area (Å²) in [6, 6.07) is -0.686. The number of nitrogens with two attached hydrogens (primary N) is 1. The van der Waals surface area contributed by atoms with Gasteiger partial charge in [0.25, 0.3) is 0 Å². The fraction of sp³-hybridized carbons (Fsp3) is 0.875. The van der Waals surface area contributed by atoms with Gasteiger partial charge in [-0.05, 0) is 18.1 Å². The topological polar surface area (TPSA) is 63.3 Å². The van der Waals surface area contributed by atoms with E-state index in [0.29, 0.717) is 5.75 Å². The zero-order valence-electron chi connectivity index (χ0n) is 7.03. The van der Waals surface area contributed by atoms with Crippen LogP contribution in [0, 0.1) is 5.92 Å². The predicted molar refractivity (Wildman–Crippen MR) is 50.3 cm³/mol. The third kappa shape index (κ3) is 3.97. The van der Waals surface area contributed by atoms with Crippen molar-refractivity contribution in [1.29, 1.82) is 0 Å². The second-order valence-electron chi connectivity index (χ2n) is 3.25. The fourth-order valence-electron chi connectivity index (χ4n) is 0.938. The molecule has 1 saturated carbocycles. The van der Waals surface area contributed by atoms with Crippen LogP contribution >= 0.6 is 11.8 Å². The molecule has 0 aromatic carbocycles. The van der Waals surface area contributed by atoms with E-state index in [9.17, 15) is 4.79 Å². The fourth-order valence-corrected chi connectivity index (χ4v) is 2.00. The Balaban J connectivity index is 1.89. The van der Waals surface area contributed by atoms with Gasteiger partial charge in [-0.3, -0.25) is 4.79 Å². The van der Waals surface area contributed by atoms with Crippen LogP contribution in [-0.2, 0) is 4.79 Å². The van der Waals surface area contributed by atoms with E-state index in [2.05, 4.69) is 0 Å². The molecule has 4 heteroatoms. The third-order valence-electron chi connectivity index (χ3n) is 1.98. The Morgan fingerprint density at radius 1 is 1.67 bits per heavy atom. The van der Waals surface area contributed by atoms with Gasteiger partial charge in [0.05, 0.1) is 0 Å². The minimum absolute atomic E-state index is 0.544. The first-order valence-corrected chi connectivity index (χ1v) is 5.41. The Morgan fingerprint density at radius 2 is 2.33 bits per heavy atom. The van der Waals surface area contributed by atoms with Gasteiger partial charge < -0.3 is 10.8 Å². The molecular weight excluding hydrogens is 174 g/mol. The molecule has 0 aromatic heterocycles. The van der Waals surface area contributed by atoms with Gasteiger partial charge in [-0.1, -0.05) is 12.8 Å². The molecule has 0 heterocycles. The maximum Gasteiger partial charge on any atom is 0.321 e. The number of rotatable bonds is 6. The summed E-state index contributed by atoms with van der Waals surface area (Å²) in [7, 11) is 0. The summed E-state index contributed by atoms with van der Waals surface area (Å²) in [4.78, 5) is 10.3. The Bertz CT molecular complexity index is 159. The van der Waals surface area contributed by atoms with Crippen molar-refractivity contribution in [3.8, 4) is 0 Å². The van der Waals surface area contributed by atoms with Gasteiger partial charge >= 0.3 is 5.97 Å². The Morgan fingerprint density at radius 3 is 2.83 bits per heavy atom. The first-order chi connectivity index (χ1) is 5.70. The first kappa shape index (κ1) is 9.86. The van der Waals surface area contributed by atoms with Crippen molar-refractivity contribution in [2.24, 2.45) is 11.7 Å². The molecule has 0 bridgehead atoms. The Kier molecular flexibility index (Phi) is 3.88. The highest BCUT2D eigenvalue weighted by molar-refractivity contribution is 7.99. The number of hydrogen-bond donors (Lipinski definition) is 2. The number of carbonyl (C=O) groups is 1. The van der Waals surface area contributed by atoms with Crippen LogP contribution in [0.2, 0.25) is 0 Å². The lowest BCUT2D eigenvalue weighted by Crippen LogP contribution is -2.32. The summed E-state index contributed by atoms with van der Waals surface area (Å²) < 4.78 is 0. The van der Waals surface area contributed by atoms with Crippen molar-refractivity contribution in [3.05, 3.63) is 0 Å². The number of hydrogen-bond acceptors (Lipinski definition) is 3. The molecule has 0 saturated heterocycles. The Hall–Kier alpha value is -0.220.